The number of carbonyl (C=O) groups excluding carboxylic acids is 1. The van der Waals surface area contributed by atoms with Gasteiger partial charge in [0.15, 0.2) is 0 Å². The van der Waals surface area contributed by atoms with Crippen LogP contribution in [0.4, 0.5) is 5.69 Å². The number of carbonyl (C=O) groups is 1. The number of piperidine rings is 1. The molecule has 1 amide bonds. The summed E-state index contributed by atoms with van der Waals surface area (Å²) in [6, 6.07) is 5.19. The van der Waals surface area contributed by atoms with Crippen LogP contribution in [0.15, 0.2) is 22.7 Å². The lowest BCUT2D eigenvalue weighted by molar-refractivity contribution is -0.121. The molecule has 104 valence electrons. The van der Waals surface area contributed by atoms with Crippen molar-refractivity contribution in [2.45, 2.75) is 32.7 Å². The number of rotatable bonds is 2. The Bertz CT molecular complexity index is 490. The monoisotopic (exact) mass is 344 g/mol. The Morgan fingerprint density at radius 1 is 1.53 bits per heavy atom. The van der Waals surface area contributed by atoms with Crippen molar-refractivity contribution in [1.29, 1.82) is 0 Å². The van der Waals surface area contributed by atoms with Gasteiger partial charge in [-0.15, -0.1) is 0 Å². The van der Waals surface area contributed by atoms with E-state index < -0.39 is 0 Å². The number of amides is 1. The molecule has 0 aromatic heterocycles. The van der Waals surface area contributed by atoms with Crippen molar-refractivity contribution in [3.8, 4) is 0 Å². The fourth-order valence-electron chi connectivity index (χ4n) is 2.46. The van der Waals surface area contributed by atoms with Crippen LogP contribution in [-0.2, 0) is 4.79 Å². The molecule has 1 aliphatic heterocycles. The summed E-state index contributed by atoms with van der Waals surface area (Å²) >= 11 is 9.37. The first-order chi connectivity index (χ1) is 8.90. The van der Waals surface area contributed by atoms with Crippen molar-refractivity contribution in [2.24, 2.45) is 5.41 Å². The summed E-state index contributed by atoms with van der Waals surface area (Å²) in [4.78, 5) is 12.4. The standard InChI is InChI=1S/C14H18BrClN2O/c1-14(2)6-3-7-17-12(14)13(19)18-11-8-9(16)4-5-10(11)15/h4-5,8,12,17H,3,6-7H2,1-2H3,(H,18,19). The van der Waals surface area contributed by atoms with Crippen molar-refractivity contribution in [2.75, 3.05) is 11.9 Å². The summed E-state index contributed by atoms with van der Waals surface area (Å²) in [7, 11) is 0. The highest BCUT2D eigenvalue weighted by molar-refractivity contribution is 9.10. The predicted molar refractivity (Wildman–Crippen MR) is 82.6 cm³/mol. The molecular weight excluding hydrogens is 328 g/mol. The van der Waals surface area contributed by atoms with E-state index in [9.17, 15) is 4.79 Å². The van der Waals surface area contributed by atoms with Crippen LogP contribution >= 0.6 is 27.5 Å². The Balaban J connectivity index is 2.14. The SMILES string of the molecule is CC1(C)CCCNC1C(=O)Nc1cc(Cl)ccc1Br. The Labute approximate surface area is 127 Å². The van der Waals surface area contributed by atoms with Crippen molar-refractivity contribution >= 4 is 39.1 Å². The first-order valence-corrected chi connectivity index (χ1v) is 7.56. The Hall–Kier alpha value is -0.580. The van der Waals surface area contributed by atoms with Gasteiger partial charge >= 0.3 is 0 Å². The normalized spacial score (nSPS) is 22.0. The van der Waals surface area contributed by atoms with Gasteiger partial charge in [0.2, 0.25) is 5.91 Å². The molecule has 1 aliphatic rings. The smallest absolute Gasteiger partial charge is 0.242 e. The zero-order chi connectivity index (χ0) is 14.0. The van der Waals surface area contributed by atoms with E-state index in [1.54, 1.807) is 12.1 Å². The van der Waals surface area contributed by atoms with Crippen LogP contribution in [-0.4, -0.2) is 18.5 Å². The number of anilines is 1. The number of hydrogen-bond donors (Lipinski definition) is 2. The molecule has 1 aromatic carbocycles. The fourth-order valence-corrected chi connectivity index (χ4v) is 2.97. The van der Waals surface area contributed by atoms with Crippen LogP contribution in [0.25, 0.3) is 0 Å². The van der Waals surface area contributed by atoms with E-state index in [2.05, 4.69) is 40.4 Å². The molecule has 1 fully saturated rings. The number of halogens is 2. The highest BCUT2D eigenvalue weighted by Crippen LogP contribution is 2.32. The van der Waals surface area contributed by atoms with E-state index in [0.717, 1.165) is 23.9 Å². The quantitative estimate of drug-likeness (QED) is 0.855. The van der Waals surface area contributed by atoms with Gasteiger partial charge in [-0.25, -0.2) is 0 Å². The highest BCUT2D eigenvalue weighted by Gasteiger charge is 2.37. The van der Waals surface area contributed by atoms with Crippen molar-refractivity contribution in [3.05, 3.63) is 27.7 Å². The molecule has 0 spiro atoms. The second-order valence-corrected chi connectivity index (χ2v) is 6.88. The third kappa shape index (κ3) is 3.50. The molecule has 1 saturated heterocycles. The van der Waals surface area contributed by atoms with Crippen LogP contribution < -0.4 is 10.6 Å². The first-order valence-electron chi connectivity index (χ1n) is 6.39. The van der Waals surface area contributed by atoms with Gasteiger partial charge < -0.3 is 10.6 Å². The third-order valence-electron chi connectivity index (χ3n) is 3.58. The number of nitrogens with one attached hydrogen (secondary N) is 2. The minimum atomic E-state index is -0.174. The van der Waals surface area contributed by atoms with Gasteiger partial charge in [0.05, 0.1) is 11.7 Å². The van der Waals surface area contributed by atoms with Crippen molar-refractivity contribution in [3.63, 3.8) is 0 Å². The molecule has 2 N–H and O–H groups in total. The molecule has 5 heteroatoms. The van der Waals surface area contributed by atoms with E-state index in [1.807, 2.05) is 6.07 Å². The summed E-state index contributed by atoms with van der Waals surface area (Å²) in [5.41, 5.74) is 0.675. The minimum Gasteiger partial charge on any atom is -0.324 e. The molecule has 1 unspecified atom stereocenters. The summed E-state index contributed by atoms with van der Waals surface area (Å²) in [6.07, 6.45) is 2.16. The topological polar surface area (TPSA) is 41.1 Å². The summed E-state index contributed by atoms with van der Waals surface area (Å²) in [5.74, 6) is -0.00679. The summed E-state index contributed by atoms with van der Waals surface area (Å²) in [5, 5.41) is 6.85. The fraction of sp³-hybridized carbons (Fsp3) is 0.500. The van der Waals surface area contributed by atoms with Crippen molar-refractivity contribution < 1.29 is 4.79 Å². The highest BCUT2D eigenvalue weighted by atomic mass is 79.9. The van der Waals surface area contributed by atoms with Crippen LogP contribution in [0.3, 0.4) is 0 Å². The van der Waals surface area contributed by atoms with Gasteiger partial charge in [-0.2, -0.15) is 0 Å². The largest absolute Gasteiger partial charge is 0.324 e. The van der Waals surface area contributed by atoms with Gasteiger partial charge in [0, 0.05) is 9.50 Å². The van der Waals surface area contributed by atoms with E-state index in [4.69, 9.17) is 11.6 Å². The molecule has 1 aromatic rings. The molecule has 3 nitrogen and oxygen atoms in total. The second kappa shape index (κ2) is 5.81. The van der Waals surface area contributed by atoms with E-state index in [-0.39, 0.29) is 17.4 Å². The van der Waals surface area contributed by atoms with Gasteiger partial charge in [0.1, 0.15) is 0 Å². The molecular formula is C14H18BrClN2O. The zero-order valence-corrected chi connectivity index (χ0v) is 13.4. The Morgan fingerprint density at radius 3 is 2.95 bits per heavy atom. The van der Waals surface area contributed by atoms with E-state index in [1.165, 1.54) is 0 Å². The second-order valence-electron chi connectivity index (χ2n) is 5.59. The Morgan fingerprint density at radius 2 is 2.26 bits per heavy atom. The molecule has 0 bridgehead atoms. The Kier molecular flexibility index (Phi) is 4.54. The minimum absolute atomic E-state index is 0.00679. The molecule has 19 heavy (non-hydrogen) atoms. The van der Waals surface area contributed by atoms with Crippen LogP contribution in [0, 0.1) is 5.41 Å². The molecule has 0 aliphatic carbocycles. The first kappa shape index (κ1) is 14.8. The van der Waals surface area contributed by atoms with Gasteiger partial charge in [-0.1, -0.05) is 25.4 Å². The average Bonchev–Trinajstić information content (AvgIpc) is 2.33. The number of benzene rings is 1. The average molecular weight is 346 g/mol. The lowest BCUT2D eigenvalue weighted by atomic mass is 9.77. The van der Waals surface area contributed by atoms with Crippen LogP contribution in [0.1, 0.15) is 26.7 Å². The lowest BCUT2D eigenvalue weighted by Crippen LogP contribution is -2.53. The summed E-state index contributed by atoms with van der Waals surface area (Å²) < 4.78 is 0.832. The van der Waals surface area contributed by atoms with Crippen LogP contribution in [0.2, 0.25) is 5.02 Å². The maximum atomic E-state index is 12.4. The van der Waals surface area contributed by atoms with Gasteiger partial charge in [0.25, 0.3) is 0 Å². The van der Waals surface area contributed by atoms with Crippen LogP contribution in [0.5, 0.6) is 0 Å². The molecule has 0 radical (unpaired) electrons. The van der Waals surface area contributed by atoms with Gasteiger partial charge in [-0.3, -0.25) is 4.79 Å². The molecule has 0 saturated carbocycles. The molecule has 1 heterocycles. The van der Waals surface area contributed by atoms with E-state index in [0.29, 0.717) is 10.7 Å². The lowest BCUT2D eigenvalue weighted by Gasteiger charge is -2.38. The maximum Gasteiger partial charge on any atom is 0.242 e. The maximum absolute atomic E-state index is 12.4. The van der Waals surface area contributed by atoms with Crippen molar-refractivity contribution in [1.82, 2.24) is 5.32 Å². The van der Waals surface area contributed by atoms with E-state index >= 15 is 0 Å². The number of hydrogen-bond acceptors (Lipinski definition) is 2. The molecule has 1 atom stereocenters. The predicted octanol–water partition coefficient (Wildman–Crippen LogP) is 3.82. The molecule has 2 rings (SSSR count). The summed E-state index contributed by atoms with van der Waals surface area (Å²) in [6.45, 7) is 5.13. The zero-order valence-electron chi connectivity index (χ0n) is 11.1. The third-order valence-corrected chi connectivity index (χ3v) is 4.50. The van der Waals surface area contributed by atoms with Gasteiger partial charge in [-0.05, 0) is 58.9 Å².